The van der Waals surface area contributed by atoms with E-state index in [1.165, 1.54) is 5.56 Å². The summed E-state index contributed by atoms with van der Waals surface area (Å²) in [5.41, 5.74) is 3.60. The second-order valence-corrected chi connectivity index (χ2v) is 6.05. The number of esters is 1. The number of allylic oxidation sites excluding steroid dienone is 1. The number of nitrogens with one attached hydrogen (secondary N) is 2. The molecular weight excluding hydrogens is 296 g/mol. The molecule has 2 rings (SSSR count). The van der Waals surface area contributed by atoms with Crippen molar-refractivity contribution < 1.29 is 9.53 Å². The van der Waals surface area contributed by atoms with Crippen molar-refractivity contribution in [3.8, 4) is 0 Å². The number of hydrogen-bond acceptors (Lipinski definition) is 3. The highest BCUT2D eigenvalue weighted by Crippen LogP contribution is 2.30. The molecule has 5 heteroatoms. The van der Waals surface area contributed by atoms with Crippen molar-refractivity contribution >= 4 is 23.3 Å². The molecule has 0 aliphatic carbocycles. The number of carbonyl (C=O) groups is 1. The van der Waals surface area contributed by atoms with Crippen LogP contribution in [0.5, 0.6) is 0 Å². The molecule has 1 aromatic rings. The van der Waals surface area contributed by atoms with E-state index in [2.05, 4.69) is 10.6 Å². The first kappa shape index (κ1) is 16.5. The predicted octanol–water partition coefficient (Wildman–Crippen LogP) is 2.99. The molecule has 0 spiro atoms. The molecule has 1 aliphatic rings. The van der Waals surface area contributed by atoms with Gasteiger partial charge in [-0.25, -0.2) is 4.79 Å². The Labute approximate surface area is 136 Å². The van der Waals surface area contributed by atoms with Crippen molar-refractivity contribution in [2.24, 2.45) is 5.92 Å². The third kappa shape index (κ3) is 3.47. The number of ether oxygens (including phenoxy) is 1. The second-order valence-electron chi connectivity index (χ2n) is 5.64. The lowest BCUT2D eigenvalue weighted by Gasteiger charge is -2.32. The predicted molar refractivity (Wildman–Crippen MR) is 91.3 cm³/mol. The van der Waals surface area contributed by atoms with Crippen LogP contribution in [-0.2, 0) is 9.53 Å². The van der Waals surface area contributed by atoms with E-state index < -0.39 is 0 Å². The van der Waals surface area contributed by atoms with Gasteiger partial charge in [0, 0.05) is 5.70 Å². The number of aryl methyl sites for hydroxylation is 1. The molecule has 118 valence electrons. The standard InChI is InChI=1S/C17H22N2O2S/c1-5-21-16(20)13-14(10(2)3)18-17(22)19-15(13)12-8-6-11(4)7-9-12/h6-10,15H,5H2,1-4H3,(H2,18,19,22)/t15-/m0/s1. The zero-order valence-corrected chi connectivity index (χ0v) is 14.2. The molecule has 1 atom stereocenters. The lowest BCUT2D eigenvalue weighted by atomic mass is 9.91. The first-order chi connectivity index (χ1) is 10.4. The molecule has 1 aromatic carbocycles. The largest absolute Gasteiger partial charge is 0.463 e. The summed E-state index contributed by atoms with van der Waals surface area (Å²) in [6.07, 6.45) is 0. The Morgan fingerprint density at radius 1 is 1.32 bits per heavy atom. The van der Waals surface area contributed by atoms with E-state index in [1.54, 1.807) is 0 Å². The minimum absolute atomic E-state index is 0.146. The molecule has 0 saturated heterocycles. The maximum atomic E-state index is 12.5. The van der Waals surface area contributed by atoms with Crippen LogP contribution in [0.25, 0.3) is 0 Å². The minimum atomic E-state index is -0.306. The van der Waals surface area contributed by atoms with Crippen molar-refractivity contribution in [3.63, 3.8) is 0 Å². The fourth-order valence-electron chi connectivity index (χ4n) is 2.49. The van der Waals surface area contributed by atoms with Crippen LogP contribution in [0.1, 0.15) is 37.9 Å². The number of benzene rings is 1. The molecule has 22 heavy (non-hydrogen) atoms. The average molecular weight is 318 g/mol. The van der Waals surface area contributed by atoms with E-state index in [0.717, 1.165) is 11.3 Å². The monoisotopic (exact) mass is 318 g/mol. The maximum absolute atomic E-state index is 12.5. The topological polar surface area (TPSA) is 50.4 Å². The zero-order chi connectivity index (χ0) is 16.3. The smallest absolute Gasteiger partial charge is 0.338 e. The van der Waals surface area contributed by atoms with Gasteiger partial charge in [-0.3, -0.25) is 0 Å². The molecule has 0 aromatic heterocycles. The summed E-state index contributed by atoms with van der Waals surface area (Å²) in [7, 11) is 0. The fraction of sp³-hybridized carbons (Fsp3) is 0.412. The van der Waals surface area contributed by atoms with Gasteiger partial charge in [0.1, 0.15) is 0 Å². The summed E-state index contributed by atoms with van der Waals surface area (Å²) >= 11 is 5.30. The lowest BCUT2D eigenvalue weighted by molar-refractivity contribution is -0.139. The van der Waals surface area contributed by atoms with Crippen molar-refractivity contribution in [3.05, 3.63) is 46.7 Å². The van der Waals surface area contributed by atoms with Gasteiger partial charge in [-0.05, 0) is 37.5 Å². The van der Waals surface area contributed by atoms with Gasteiger partial charge >= 0.3 is 5.97 Å². The van der Waals surface area contributed by atoms with Crippen molar-refractivity contribution in [1.29, 1.82) is 0 Å². The Balaban J connectivity index is 2.52. The molecule has 0 saturated carbocycles. The normalized spacial score (nSPS) is 18.0. The summed E-state index contributed by atoms with van der Waals surface area (Å²) in [4.78, 5) is 12.5. The maximum Gasteiger partial charge on any atom is 0.338 e. The summed E-state index contributed by atoms with van der Waals surface area (Å²) in [5, 5.41) is 6.83. The van der Waals surface area contributed by atoms with Crippen LogP contribution < -0.4 is 10.6 Å². The number of hydrogen-bond donors (Lipinski definition) is 2. The van der Waals surface area contributed by atoms with Gasteiger partial charge in [0.25, 0.3) is 0 Å². The summed E-state index contributed by atoms with van der Waals surface area (Å²) in [6.45, 7) is 8.25. The van der Waals surface area contributed by atoms with Gasteiger partial charge in [-0.15, -0.1) is 0 Å². The lowest BCUT2D eigenvalue weighted by Crippen LogP contribution is -2.46. The van der Waals surface area contributed by atoms with E-state index in [-0.39, 0.29) is 17.9 Å². The fourth-order valence-corrected chi connectivity index (χ4v) is 2.71. The Hall–Kier alpha value is -1.88. The number of rotatable bonds is 4. The van der Waals surface area contributed by atoms with E-state index in [4.69, 9.17) is 17.0 Å². The Morgan fingerprint density at radius 3 is 2.50 bits per heavy atom. The molecule has 0 fully saturated rings. The van der Waals surface area contributed by atoms with Gasteiger partial charge < -0.3 is 15.4 Å². The van der Waals surface area contributed by atoms with Crippen molar-refractivity contribution in [1.82, 2.24) is 10.6 Å². The second kappa shape index (κ2) is 6.92. The van der Waals surface area contributed by atoms with Crippen LogP contribution in [0.2, 0.25) is 0 Å². The van der Waals surface area contributed by atoms with Crippen LogP contribution in [0, 0.1) is 12.8 Å². The van der Waals surface area contributed by atoms with E-state index in [9.17, 15) is 4.79 Å². The quantitative estimate of drug-likeness (QED) is 0.660. The minimum Gasteiger partial charge on any atom is -0.463 e. The van der Waals surface area contributed by atoms with Crippen LogP contribution in [0.3, 0.4) is 0 Å². The Bertz CT molecular complexity index is 606. The third-order valence-corrected chi connectivity index (χ3v) is 3.81. The van der Waals surface area contributed by atoms with Gasteiger partial charge in [-0.2, -0.15) is 0 Å². The molecule has 4 nitrogen and oxygen atoms in total. The Kier molecular flexibility index (Phi) is 5.19. The summed E-state index contributed by atoms with van der Waals surface area (Å²) in [5.74, 6) is -0.160. The molecule has 0 bridgehead atoms. The zero-order valence-electron chi connectivity index (χ0n) is 13.4. The highest BCUT2D eigenvalue weighted by Gasteiger charge is 2.33. The summed E-state index contributed by atoms with van der Waals surface area (Å²) in [6, 6.07) is 7.79. The van der Waals surface area contributed by atoms with Crippen molar-refractivity contribution in [2.45, 2.75) is 33.7 Å². The van der Waals surface area contributed by atoms with E-state index in [0.29, 0.717) is 17.3 Å². The van der Waals surface area contributed by atoms with Gasteiger partial charge in [0.15, 0.2) is 5.11 Å². The van der Waals surface area contributed by atoms with Gasteiger partial charge in [0.05, 0.1) is 18.2 Å². The number of carbonyl (C=O) groups excluding carboxylic acids is 1. The molecule has 0 unspecified atom stereocenters. The molecule has 2 N–H and O–H groups in total. The first-order valence-corrected chi connectivity index (χ1v) is 7.90. The van der Waals surface area contributed by atoms with E-state index >= 15 is 0 Å². The molecular formula is C17H22N2O2S. The van der Waals surface area contributed by atoms with Gasteiger partial charge in [0.2, 0.25) is 0 Å². The highest BCUT2D eigenvalue weighted by atomic mass is 32.1. The SMILES string of the molecule is CCOC(=O)C1=C(C(C)C)NC(=S)N[C@H]1c1ccc(C)cc1. The highest BCUT2D eigenvalue weighted by molar-refractivity contribution is 7.80. The van der Waals surface area contributed by atoms with Crippen LogP contribution >= 0.6 is 12.2 Å². The van der Waals surface area contributed by atoms with Gasteiger partial charge in [-0.1, -0.05) is 43.7 Å². The molecule has 1 aliphatic heterocycles. The number of thiocarbonyl (C=S) groups is 1. The molecule has 0 radical (unpaired) electrons. The molecule has 0 amide bonds. The Morgan fingerprint density at radius 2 is 1.95 bits per heavy atom. The van der Waals surface area contributed by atoms with Crippen LogP contribution in [0.15, 0.2) is 35.5 Å². The van der Waals surface area contributed by atoms with Crippen molar-refractivity contribution in [2.75, 3.05) is 6.61 Å². The average Bonchev–Trinajstić information content (AvgIpc) is 2.47. The summed E-state index contributed by atoms with van der Waals surface area (Å²) < 4.78 is 5.25. The van der Waals surface area contributed by atoms with Crippen LogP contribution in [-0.4, -0.2) is 17.7 Å². The van der Waals surface area contributed by atoms with Crippen LogP contribution in [0.4, 0.5) is 0 Å². The first-order valence-electron chi connectivity index (χ1n) is 7.49. The third-order valence-electron chi connectivity index (χ3n) is 3.59. The molecule has 1 heterocycles. The van der Waals surface area contributed by atoms with E-state index in [1.807, 2.05) is 52.0 Å².